The lowest BCUT2D eigenvalue weighted by atomic mass is 9.78. The third-order valence-corrected chi connectivity index (χ3v) is 6.25. The quantitative estimate of drug-likeness (QED) is 0.766. The van der Waals surface area contributed by atoms with Crippen LogP contribution in [0.3, 0.4) is 0 Å². The van der Waals surface area contributed by atoms with Gasteiger partial charge in [-0.05, 0) is 55.7 Å². The first kappa shape index (κ1) is 18.4. The van der Waals surface area contributed by atoms with Gasteiger partial charge in [-0.15, -0.1) is 5.10 Å². The fourth-order valence-corrected chi connectivity index (χ4v) is 4.51. The number of fused-ring (bicyclic) bond motifs is 1. The maximum absolute atomic E-state index is 11.7. The number of rotatable bonds is 5. The Kier molecular flexibility index (Phi) is 4.66. The van der Waals surface area contributed by atoms with Crippen LogP contribution in [0.4, 0.5) is 6.01 Å². The zero-order valence-electron chi connectivity index (χ0n) is 16.4. The largest absolute Gasteiger partial charge is 0.488 e. The van der Waals surface area contributed by atoms with E-state index in [1.54, 1.807) is 24.3 Å². The van der Waals surface area contributed by atoms with Crippen molar-refractivity contribution in [3.05, 3.63) is 35.7 Å². The van der Waals surface area contributed by atoms with Gasteiger partial charge in [0.1, 0.15) is 11.9 Å². The summed E-state index contributed by atoms with van der Waals surface area (Å²) < 4.78 is 16.7. The number of anilines is 1. The molecule has 1 saturated heterocycles. The second-order valence-corrected chi connectivity index (χ2v) is 8.34. The van der Waals surface area contributed by atoms with Crippen LogP contribution >= 0.6 is 0 Å². The Hall–Kier alpha value is -2.61. The number of hydrogen-bond acceptors (Lipinski definition) is 8. The van der Waals surface area contributed by atoms with E-state index in [-0.39, 0.29) is 6.10 Å². The molecule has 0 bridgehead atoms. The van der Waals surface area contributed by atoms with Crippen molar-refractivity contribution >= 4 is 12.0 Å². The third-order valence-electron chi connectivity index (χ3n) is 6.25. The topological polar surface area (TPSA) is 97.9 Å². The van der Waals surface area contributed by atoms with Gasteiger partial charge in [-0.3, -0.25) is 0 Å². The summed E-state index contributed by atoms with van der Waals surface area (Å²) in [6.45, 7) is 1.64. The van der Waals surface area contributed by atoms with Crippen molar-refractivity contribution in [2.24, 2.45) is 11.8 Å². The van der Waals surface area contributed by atoms with E-state index < -0.39 is 12.1 Å². The van der Waals surface area contributed by atoms with Gasteiger partial charge in [0, 0.05) is 19.0 Å². The average Bonchev–Trinajstić information content (AvgIpc) is 3.31. The minimum absolute atomic E-state index is 0.311. The molecule has 8 nitrogen and oxygen atoms in total. The van der Waals surface area contributed by atoms with E-state index >= 15 is 0 Å². The number of nitrogens with zero attached hydrogens (tertiary/aromatic N) is 3. The Morgan fingerprint density at radius 3 is 2.76 bits per heavy atom. The predicted octanol–water partition coefficient (Wildman–Crippen LogP) is 2.39. The van der Waals surface area contributed by atoms with E-state index in [1.807, 2.05) is 0 Å². The Labute approximate surface area is 168 Å². The molecule has 0 radical (unpaired) electrons. The SMILES string of the molecule is COC(=O)c1cccc(O[C@@H]2C[C@@H]3CN(c4nnc(C5CC5)o4)C[C@@H]3C[C@H]2O)c1. The molecule has 2 heterocycles. The molecule has 1 aromatic heterocycles. The number of esters is 1. The van der Waals surface area contributed by atoms with Gasteiger partial charge in [0.05, 0.1) is 18.8 Å². The van der Waals surface area contributed by atoms with Gasteiger partial charge in [-0.1, -0.05) is 11.2 Å². The van der Waals surface area contributed by atoms with Crippen LogP contribution in [-0.2, 0) is 4.74 Å². The first-order valence-corrected chi connectivity index (χ1v) is 10.2. The molecule has 154 valence electrons. The number of aromatic nitrogens is 2. The maximum Gasteiger partial charge on any atom is 0.337 e. The first-order chi connectivity index (χ1) is 14.1. The van der Waals surface area contributed by atoms with E-state index in [0.717, 1.165) is 38.2 Å². The monoisotopic (exact) mass is 399 g/mol. The van der Waals surface area contributed by atoms with Crippen LogP contribution in [0, 0.1) is 11.8 Å². The van der Waals surface area contributed by atoms with Gasteiger partial charge < -0.3 is 23.9 Å². The van der Waals surface area contributed by atoms with Crippen LogP contribution in [0.1, 0.15) is 47.8 Å². The van der Waals surface area contributed by atoms with Crippen LogP contribution in [-0.4, -0.2) is 53.7 Å². The summed E-state index contributed by atoms with van der Waals surface area (Å²) in [7, 11) is 1.35. The number of methoxy groups -OCH3 is 1. The summed E-state index contributed by atoms with van der Waals surface area (Å²) in [5.74, 6) is 2.13. The van der Waals surface area contributed by atoms with Crippen molar-refractivity contribution in [1.29, 1.82) is 0 Å². The number of carbonyl (C=O) groups excluding carboxylic acids is 1. The molecule has 1 aromatic carbocycles. The number of ether oxygens (including phenoxy) is 2. The molecule has 5 rings (SSSR count). The van der Waals surface area contributed by atoms with Crippen molar-refractivity contribution < 1.29 is 23.8 Å². The van der Waals surface area contributed by atoms with Crippen molar-refractivity contribution in [3.8, 4) is 5.75 Å². The highest BCUT2D eigenvalue weighted by Gasteiger charge is 2.44. The highest BCUT2D eigenvalue weighted by atomic mass is 16.5. The molecule has 0 spiro atoms. The molecule has 3 fully saturated rings. The van der Waals surface area contributed by atoms with Crippen LogP contribution in [0.25, 0.3) is 0 Å². The fourth-order valence-electron chi connectivity index (χ4n) is 4.51. The van der Waals surface area contributed by atoms with Crippen molar-refractivity contribution in [1.82, 2.24) is 10.2 Å². The summed E-state index contributed by atoms with van der Waals surface area (Å²) in [5, 5.41) is 19.1. The van der Waals surface area contributed by atoms with Crippen molar-refractivity contribution in [3.63, 3.8) is 0 Å². The summed E-state index contributed by atoms with van der Waals surface area (Å²) in [6.07, 6.45) is 2.82. The summed E-state index contributed by atoms with van der Waals surface area (Å²) >= 11 is 0. The molecule has 0 unspecified atom stereocenters. The van der Waals surface area contributed by atoms with E-state index in [1.165, 1.54) is 7.11 Å². The van der Waals surface area contributed by atoms with E-state index in [2.05, 4.69) is 15.1 Å². The predicted molar refractivity (Wildman–Crippen MR) is 103 cm³/mol. The number of aliphatic hydroxyl groups is 1. The van der Waals surface area contributed by atoms with Crippen LogP contribution in [0.15, 0.2) is 28.7 Å². The van der Waals surface area contributed by atoms with Crippen LogP contribution < -0.4 is 9.64 Å². The van der Waals surface area contributed by atoms with Crippen molar-refractivity contribution in [2.75, 3.05) is 25.1 Å². The number of carbonyl (C=O) groups is 1. The Morgan fingerprint density at radius 1 is 1.21 bits per heavy atom. The minimum Gasteiger partial charge on any atom is -0.488 e. The zero-order valence-corrected chi connectivity index (χ0v) is 16.4. The summed E-state index contributed by atoms with van der Waals surface area (Å²) in [6, 6.07) is 7.48. The zero-order chi connectivity index (χ0) is 20.0. The Balaban J connectivity index is 1.25. The number of hydrogen-bond donors (Lipinski definition) is 1. The lowest BCUT2D eigenvalue weighted by molar-refractivity contribution is -0.0231. The molecule has 4 atom stereocenters. The summed E-state index contributed by atoms with van der Waals surface area (Å²) in [5.41, 5.74) is 0.433. The number of benzene rings is 1. The second kappa shape index (κ2) is 7.33. The standard InChI is InChI=1S/C21H25N3O5/c1-27-20(26)13-3-2-4-16(7-13)28-18-9-15-11-24(10-14(15)8-17(18)25)21-23-22-19(29-21)12-5-6-12/h2-4,7,12,14-15,17-18,25H,5-6,8-11H2,1H3/t14-,15+,17+,18+/m0/s1. The van der Waals surface area contributed by atoms with Crippen molar-refractivity contribution in [2.45, 2.75) is 43.8 Å². The summed E-state index contributed by atoms with van der Waals surface area (Å²) in [4.78, 5) is 13.9. The highest BCUT2D eigenvalue weighted by Crippen LogP contribution is 2.42. The normalized spacial score (nSPS) is 28.8. The van der Waals surface area contributed by atoms with Gasteiger partial charge in [-0.2, -0.15) is 0 Å². The van der Waals surface area contributed by atoms with E-state index in [4.69, 9.17) is 13.9 Å². The van der Waals surface area contributed by atoms with Crippen LogP contribution in [0.5, 0.6) is 5.75 Å². The Bertz CT molecular complexity index is 896. The first-order valence-electron chi connectivity index (χ1n) is 10.2. The molecule has 1 aliphatic heterocycles. The molecule has 2 aromatic rings. The molecule has 3 aliphatic rings. The van der Waals surface area contributed by atoms with Gasteiger partial charge in [-0.25, -0.2) is 4.79 Å². The molecule has 1 N–H and O–H groups in total. The number of aliphatic hydroxyl groups excluding tert-OH is 1. The molecular formula is C21H25N3O5. The molecule has 8 heteroatoms. The lowest BCUT2D eigenvalue weighted by Gasteiger charge is -2.35. The maximum atomic E-state index is 11.7. The second-order valence-electron chi connectivity index (χ2n) is 8.34. The molecule has 2 saturated carbocycles. The highest BCUT2D eigenvalue weighted by molar-refractivity contribution is 5.89. The fraction of sp³-hybridized carbons (Fsp3) is 0.571. The third kappa shape index (κ3) is 3.69. The molecular weight excluding hydrogens is 374 g/mol. The molecule has 0 amide bonds. The average molecular weight is 399 g/mol. The van der Waals surface area contributed by atoms with E-state index in [9.17, 15) is 9.90 Å². The van der Waals surface area contributed by atoms with Gasteiger partial charge >= 0.3 is 12.0 Å². The minimum atomic E-state index is -0.553. The van der Waals surface area contributed by atoms with E-state index in [0.29, 0.717) is 41.5 Å². The molecule has 29 heavy (non-hydrogen) atoms. The van der Waals surface area contributed by atoms with Gasteiger partial charge in [0.25, 0.3) is 0 Å². The van der Waals surface area contributed by atoms with Gasteiger partial charge in [0.2, 0.25) is 5.89 Å². The van der Waals surface area contributed by atoms with Gasteiger partial charge in [0.15, 0.2) is 0 Å². The Morgan fingerprint density at radius 2 is 2.00 bits per heavy atom. The lowest BCUT2D eigenvalue weighted by Crippen LogP contribution is -2.42. The van der Waals surface area contributed by atoms with Crippen LogP contribution in [0.2, 0.25) is 0 Å². The molecule has 2 aliphatic carbocycles. The smallest absolute Gasteiger partial charge is 0.337 e.